The summed E-state index contributed by atoms with van der Waals surface area (Å²) in [4.78, 5) is 0. The van der Waals surface area contributed by atoms with Crippen molar-refractivity contribution in [1.82, 2.24) is 0 Å². The molecular formula is C38H24I2. The first kappa shape index (κ1) is 23.7. The minimum absolute atomic E-state index is 0.343. The second kappa shape index (κ2) is 8.77. The van der Waals surface area contributed by atoms with Crippen molar-refractivity contribution in [3.05, 3.63) is 162 Å². The third kappa shape index (κ3) is 3.02. The first-order valence-electron chi connectivity index (χ1n) is 14.0. The molecule has 0 saturated carbocycles. The summed E-state index contributed by atoms with van der Waals surface area (Å²) < 4.78 is 2.87. The summed E-state index contributed by atoms with van der Waals surface area (Å²) in [5, 5.41) is 2.78. The zero-order valence-corrected chi connectivity index (χ0v) is 25.9. The van der Waals surface area contributed by atoms with Gasteiger partial charge in [-0.25, -0.2) is 0 Å². The molecule has 0 radical (unpaired) electrons. The maximum atomic E-state index is 2.67. The lowest BCUT2D eigenvalue weighted by atomic mass is 9.55. The number of hydrogen-bond donors (Lipinski definition) is 0. The molecule has 6 aromatic rings. The predicted octanol–water partition coefficient (Wildman–Crippen LogP) is 10.9. The summed E-state index contributed by atoms with van der Waals surface area (Å²) >= 11 is 5.33. The first-order chi connectivity index (χ1) is 19.7. The third-order valence-electron chi connectivity index (χ3n) is 9.70. The standard InChI is InChI=1S/C38H24I2/c39-37-29-19-9-10-20-30(29)38(40)36-34(32-27-17-7-3-13-23(27)24-14-4-8-18-28(24)32)33(35(36)37)31-25-15-5-1-11-21(25)22-12-2-6-16-26(22)31/h1-20,31-34H. The molecule has 3 aliphatic rings. The van der Waals surface area contributed by atoms with Crippen LogP contribution in [0.1, 0.15) is 57.1 Å². The summed E-state index contributed by atoms with van der Waals surface area (Å²) in [7, 11) is 0. The van der Waals surface area contributed by atoms with Crippen molar-refractivity contribution in [3.8, 4) is 22.3 Å². The minimum atomic E-state index is 0.343. The lowest BCUT2D eigenvalue weighted by molar-refractivity contribution is 0.397. The van der Waals surface area contributed by atoms with Crippen LogP contribution in [0.4, 0.5) is 0 Å². The normalized spacial score (nSPS) is 18.6. The number of fused-ring (bicyclic) bond motifs is 8. The van der Waals surface area contributed by atoms with E-state index in [1.807, 2.05) is 0 Å². The molecule has 0 saturated heterocycles. The molecule has 0 amide bonds. The topological polar surface area (TPSA) is 0 Å². The summed E-state index contributed by atoms with van der Waals surface area (Å²) in [6, 6.07) is 45.7. The van der Waals surface area contributed by atoms with Gasteiger partial charge in [-0.15, -0.1) is 0 Å². The molecule has 2 atom stereocenters. The van der Waals surface area contributed by atoms with Crippen LogP contribution in [0, 0.1) is 7.14 Å². The Hall–Kier alpha value is -2.96. The van der Waals surface area contributed by atoms with Crippen molar-refractivity contribution in [2.24, 2.45) is 0 Å². The Morgan fingerprint density at radius 3 is 0.950 bits per heavy atom. The fourth-order valence-corrected chi connectivity index (χ4v) is 10.5. The largest absolute Gasteiger partial charge is 0.0619 e. The molecule has 0 heterocycles. The quantitative estimate of drug-likeness (QED) is 0.155. The molecule has 0 aromatic heterocycles. The molecule has 2 unspecified atom stereocenters. The van der Waals surface area contributed by atoms with Gasteiger partial charge in [0.05, 0.1) is 0 Å². The molecule has 9 rings (SSSR count). The van der Waals surface area contributed by atoms with Crippen LogP contribution in [0.25, 0.3) is 33.0 Å². The Morgan fingerprint density at radius 1 is 0.350 bits per heavy atom. The number of halogens is 2. The van der Waals surface area contributed by atoms with Gasteiger partial charge in [0.1, 0.15) is 0 Å². The minimum Gasteiger partial charge on any atom is -0.0619 e. The second-order valence-electron chi connectivity index (χ2n) is 11.4. The molecule has 0 aliphatic heterocycles. The molecule has 0 fully saturated rings. The Kier molecular flexibility index (Phi) is 5.20. The monoisotopic (exact) mass is 734 g/mol. The van der Waals surface area contributed by atoms with E-state index in [0.717, 1.165) is 0 Å². The van der Waals surface area contributed by atoms with Crippen molar-refractivity contribution < 1.29 is 0 Å². The Bertz CT molecular complexity index is 1780. The van der Waals surface area contributed by atoms with E-state index >= 15 is 0 Å². The van der Waals surface area contributed by atoms with E-state index in [2.05, 4.69) is 167 Å². The fourth-order valence-electron chi connectivity index (χ4n) is 8.22. The SMILES string of the molecule is Ic1c2c(c(I)c3ccccc13)C(C1c3ccccc3-c3ccccc31)C2C1c2ccccc2-c2ccccc21. The highest BCUT2D eigenvalue weighted by molar-refractivity contribution is 14.1. The van der Waals surface area contributed by atoms with Crippen LogP contribution in [0.3, 0.4) is 0 Å². The molecule has 2 heteroatoms. The highest BCUT2D eigenvalue weighted by Crippen LogP contribution is 2.69. The smallest absolute Gasteiger partial charge is 0.0247 e. The van der Waals surface area contributed by atoms with E-state index in [0.29, 0.717) is 23.7 Å². The van der Waals surface area contributed by atoms with Gasteiger partial charge in [0, 0.05) is 30.8 Å². The van der Waals surface area contributed by atoms with Gasteiger partial charge in [-0.2, -0.15) is 0 Å². The Morgan fingerprint density at radius 2 is 0.625 bits per heavy atom. The van der Waals surface area contributed by atoms with Gasteiger partial charge >= 0.3 is 0 Å². The maximum absolute atomic E-state index is 2.67. The van der Waals surface area contributed by atoms with Crippen LogP contribution in [0.5, 0.6) is 0 Å². The Labute approximate surface area is 261 Å². The number of rotatable bonds is 2. The molecule has 40 heavy (non-hydrogen) atoms. The number of benzene rings is 6. The number of hydrogen-bond acceptors (Lipinski definition) is 0. The van der Waals surface area contributed by atoms with Gasteiger partial charge in [0.2, 0.25) is 0 Å². The van der Waals surface area contributed by atoms with Crippen molar-refractivity contribution in [2.75, 3.05) is 0 Å². The molecule has 3 aliphatic carbocycles. The van der Waals surface area contributed by atoms with Gasteiger partial charge in [-0.3, -0.25) is 0 Å². The van der Waals surface area contributed by atoms with E-state index in [4.69, 9.17) is 0 Å². The van der Waals surface area contributed by atoms with Gasteiger partial charge in [-0.1, -0.05) is 121 Å². The van der Waals surface area contributed by atoms with E-state index < -0.39 is 0 Å². The maximum Gasteiger partial charge on any atom is 0.0247 e. The zero-order chi connectivity index (χ0) is 26.5. The second-order valence-corrected chi connectivity index (χ2v) is 13.5. The van der Waals surface area contributed by atoms with Gasteiger partial charge in [0.15, 0.2) is 0 Å². The summed E-state index contributed by atoms with van der Waals surface area (Å²) in [5.41, 5.74) is 14.7. The van der Waals surface area contributed by atoms with E-state index in [1.54, 1.807) is 11.1 Å². The summed E-state index contributed by atoms with van der Waals surface area (Å²) in [5.74, 6) is 1.48. The highest BCUT2D eigenvalue weighted by Gasteiger charge is 2.54. The molecule has 0 nitrogen and oxygen atoms in total. The zero-order valence-electron chi connectivity index (χ0n) is 21.6. The van der Waals surface area contributed by atoms with Crippen LogP contribution >= 0.6 is 45.2 Å². The van der Waals surface area contributed by atoms with E-state index in [-0.39, 0.29) is 0 Å². The van der Waals surface area contributed by atoms with Crippen LogP contribution in [0.15, 0.2) is 121 Å². The molecular weight excluding hydrogens is 710 g/mol. The van der Waals surface area contributed by atoms with Crippen molar-refractivity contribution in [3.63, 3.8) is 0 Å². The summed E-state index contributed by atoms with van der Waals surface area (Å²) in [6.07, 6.45) is 0. The predicted molar refractivity (Wildman–Crippen MR) is 182 cm³/mol. The molecule has 6 aromatic carbocycles. The third-order valence-corrected chi connectivity index (χ3v) is 12.0. The fraction of sp³-hybridized carbons (Fsp3) is 0.105. The first-order valence-corrected chi connectivity index (χ1v) is 16.2. The lowest BCUT2D eigenvalue weighted by Crippen LogP contribution is -2.35. The van der Waals surface area contributed by atoms with Crippen molar-refractivity contribution >= 4 is 56.0 Å². The van der Waals surface area contributed by atoms with Gasteiger partial charge < -0.3 is 0 Å². The average molecular weight is 734 g/mol. The van der Waals surface area contributed by atoms with Gasteiger partial charge in [0.25, 0.3) is 0 Å². The molecule has 0 spiro atoms. The average Bonchev–Trinajstić information content (AvgIpc) is 3.50. The van der Waals surface area contributed by atoms with Crippen molar-refractivity contribution in [1.29, 1.82) is 0 Å². The molecule has 190 valence electrons. The molecule has 0 bridgehead atoms. The Balaban J connectivity index is 1.37. The van der Waals surface area contributed by atoms with Crippen molar-refractivity contribution in [2.45, 2.75) is 23.7 Å². The van der Waals surface area contributed by atoms with E-state index in [9.17, 15) is 0 Å². The van der Waals surface area contributed by atoms with Crippen LogP contribution in [0.2, 0.25) is 0 Å². The van der Waals surface area contributed by atoms with Gasteiger partial charge in [-0.05, 0) is 112 Å². The lowest BCUT2D eigenvalue weighted by Gasteiger charge is -2.49. The van der Waals surface area contributed by atoms with Crippen LogP contribution in [-0.4, -0.2) is 0 Å². The van der Waals surface area contributed by atoms with Crippen LogP contribution < -0.4 is 0 Å². The van der Waals surface area contributed by atoms with Crippen LogP contribution in [-0.2, 0) is 0 Å². The summed E-state index contributed by atoms with van der Waals surface area (Å²) in [6.45, 7) is 0. The highest BCUT2D eigenvalue weighted by atomic mass is 127. The molecule has 0 N–H and O–H groups in total. The van der Waals surface area contributed by atoms with E-state index in [1.165, 1.54) is 62.4 Å².